The van der Waals surface area contributed by atoms with Crippen LogP contribution in [0.2, 0.25) is 0 Å². The summed E-state index contributed by atoms with van der Waals surface area (Å²) in [7, 11) is 0. The van der Waals surface area contributed by atoms with Gasteiger partial charge < -0.3 is 10.2 Å². The van der Waals surface area contributed by atoms with E-state index < -0.39 is 0 Å². The van der Waals surface area contributed by atoms with E-state index >= 15 is 0 Å². The van der Waals surface area contributed by atoms with E-state index in [1.54, 1.807) is 0 Å². The Morgan fingerprint density at radius 2 is 1.88 bits per heavy atom. The van der Waals surface area contributed by atoms with Gasteiger partial charge in [0, 0.05) is 44.1 Å². The number of urea groups is 1. The molecule has 0 unspecified atom stereocenters. The average Bonchev–Trinajstić information content (AvgIpc) is 3.13. The Kier molecular flexibility index (Phi) is 5.88. The molecule has 4 nitrogen and oxygen atoms in total. The second-order valence-electron chi connectivity index (χ2n) is 6.30. The zero-order valence-electron chi connectivity index (χ0n) is 14.2. The predicted octanol–water partition coefficient (Wildman–Crippen LogP) is 3.13. The zero-order valence-corrected chi connectivity index (χ0v) is 15.0. The van der Waals surface area contributed by atoms with Crippen molar-refractivity contribution in [3.05, 3.63) is 57.8 Å². The van der Waals surface area contributed by atoms with Gasteiger partial charge in [0.1, 0.15) is 0 Å². The number of thiophene rings is 1. The summed E-state index contributed by atoms with van der Waals surface area (Å²) in [5.41, 5.74) is 2.38. The molecule has 0 radical (unpaired) electrons. The van der Waals surface area contributed by atoms with Crippen molar-refractivity contribution < 1.29 is 4.79 Å². The molecule has 3 rings (SSSR count). The average molecular weight is 343 g/mol. The van der Waals surface area contributed by atoms with Gasteiger partial charge in [-0.15, -0.1) is 11.3 Å². The van der Waals surface area contributed by atoms with Crippen LogP contribution >= 0.6 is 11.3 Å². The van der Waals surface area contributed by atoms with Crippen LogP contribution in [0.4, 0.5) is 4.79 Å². The van der Waals surface area contributed by atoms with Gasteiger partial charge in [-0.25, -0.2) is 4.79 Å². The minimum Gasteiger partial charge on any atom is -0.334 e. The molecule has 2 heterocycles. The minimum atomic E-state index is 0.0495. The van der Waals surface area contributed by atoms with Crippen LogP contribution in [0.5, 0.6) is 0 Å². The summed E-state index contributed by atoms with van der Waals surface area (Å²) < 4.78 is 0. The lowest BCUT2D eigenvalue weighted by molar-refractivity contribution is 0.140. The molecule has 0 spiro atoms. The smallest absolute Gasteiger partial charge is 0.317 e. The fourth-order valence-corrected chi connectivity index (χ4v) is 3.59. The summed E-state index contributed by atoms with van der Waals surface area (Å²) in [6.07, 6.45) is 1.11. The molecule has 5 heteroatoms. The number of hydrogen-bond donors (Lipinski definition) is 1. The molecule has 1 N–H and O–H groups in total. The van der Waals surface area contributed by atoms with Gasteiger partial charge in [-0.05, 0) is 30.4 Å². The third kappa shape index (κ3) is 4.82. The number of aryl methyl sites for hydroxylation is 1. The van der Waals surface area contributed by atoms with E-state index in [4.69, 9.17) is 0 Å². The normalized spacial score (nSPS) is 15.5. The van der Waals surface area contributed by atoms with Gasteiger partial charge in [-0.3, -0.25) is 4.90 Å². The Labute approximate surface area is 148 Å². The van der Waals surface area contributed by atoms with Gasteiger partial charge in [-0.1, -0.05) is 35.9 Å². The van der Waals surface area contributed by atoms with Crippen LogP contribution in [-0.4, -0.2) is 48.6 Å². The zero-order chi connectivity index (χ0) is 16.8. The standard InChI is InChI=1S/C19H25N3OS/c1-16-4-6-17(7-5-16)15-20-19(23)22-12-10-21(11-13-22)9-8-18-3-2-14-24-18/h2-7,14H,8-13,15H2,1H3,(H,20,23). The summed E-state index contributed by atoms with van der Waals surface area (Å²) in [5.74, 6) is 0. The van der Waals surface area contributed by atoms with Crippen LogP contribution in [0.3, 0.4) is 0 Å². The quantitative estimate of drug-likeness (QED) is 0.905. The Bertz CT molecular complexity index is 631. The van der Waals surface area contributed by atoms with E-state index in [-0.39, 0.29) is 6.03 Å². The predicted molar refractivity (Wildman–Crippen MR) is 99.5 cm³/mol. The first-order valence-corrected chi connectivity index (χ1v) is 9.42. The second-order valence-corrected chi connectivity index (χ2v) is 7.33. The van der Waals surface area contributed by atoms with Gasteiger partial charge >= 0.3 is 6.03 Å². The lowest BCUT2D eigenvalue weighted by Gasteiger charge is -2.34. The molecular formula is C19H25N3OS. The monoisotopic (exact) mass is 343 g/mol. The summed E-state index contributed by atoms with van der Waals surface area (Å²) in [6.45, 7) is 7.29. The first-order valence-electron chi connectivity index (χ1n) is 8.54. The largest absolute Gasteiger partial charge is 0.334 e. The molecule has 1 aliphatic heterocycles. The number of amides is 2. The van der Waals surface area contributed by atoms with Crippen LogP contribution in [-0.2, 0) is 13.0 Å². The van der Waals surface area contributed by atoms with Crippen LogP contribution in [0.25, 0.3) is 0 Å². The summed E-state index contributed by atoms with van der Waals surface area (Å²) in [5, 5.41) is 5.16. The van der Waals surface area contributed by atoms with Crippen molar-refractivity contribution in [2.24, 2.45) is 0 Å². The highest BCUT2D eigenvalue weighted by Gasteiger charge is 2.20. The first kappa shape index (κ1) is 17.0. The molecule has 0 saturated carbocycles. The van der Waals surface area contributed by atoms with Crippen LogP contribution < -0.4 is 5.32 Å². The molecule has 1 saturated heterocycles. The van der Waals surface area contributed by atoms with Crippen LogP contribution in [0.1, 0.15) is 16.0 Å². The number of carbonyl (C=O) groups is 1. The van der Waals surface area contributed by atoms with Gasteiger partial charge in [0.2, 0.25) is 0 Å². The third-order valence-corrected chi connectivity index (χ3v) is 5.41. The highest BCUT2D eigenvalue weighted by molar-refractivity contribution is 7.09. The SMILES string of the molecule is Cc1ccc(CNC(=O)N2CCN(CCc3cccs3)CC2)cc1. The number of benzene rings is 1. The number of hydrogen-bond acceptors (Lipinski definition) is 3. The second kappa shape index (κ2) is 8.31. The van der Waals surface area contributed by atoms with Gasteiger partial charge in [-0.2, -0.15) is 0 Å². The summed E-state index contributed by atoms with van der Waals surface area (Å²) >= 11 is 1.82. The number of rotatable bonds is 5. The Hall–Kier alpha value is -1.85. The molecule has 2 amide bonds. The first-order chi connectivity index (χ1) is 11.7. The van der Waals surface area contributed by atoms with E-state index in [9.17, 15) is 4.79 Å². The lowest BCUT2D eigenvalue weighted by Crippen LogP contribution is -2.51. The minimum absolute atomic E-state index is 0.0495. The van der Waals surface area contributed by atoms with Gasteiger partial charge in [0.25, 0.3) is 0 Å². The molecule has 0 bridgehead atoms. The lowest BCUT2D eigenvalue weighted by atomic mass is 10.1. The molecule has 1 aromatic carbocycles. The fourth-order valence-electron chi connectivity index (χ4n) is 2.89. The maximum Gasteiger partial charge on any atom is 0.317 e. The van der Waals surface area contributed by atoms with E-state index in [0.717, 1.165) is 44.7 Å². The molecule has 1 aromatic heterocycles. The van der Waals surface area contributed by atoms with E-state index in [1.165, 1.54) is 10.4 Å². The molecule has 0 aliphatic carbocycles. The van der Waals surface area contributed by atoms with Crippen molar-refractivity contribution in [3.8, 4) is 0 Å². The van der Waals surface area contributed by atoms with Crippen molar-refractivity contribution in [3.63, 3.8) is 0 Å². The Morgan fingerprint density at radius 3 is 2.54 bits per heavy atom. The van der Waals surface area contributed by atoms with E-state index in [1.807, 2.05) is 16.2 Å². The molecule has 0 atom stereocenters. The van der Waals surface area contributed by atoms with E-state index in [0.29, 0.717) is 6.54 Å². The molecule has 24 heavy (non-hydrogen) atoms. The van der Waals surface area contributed by atoms with Crippen molar-refractivity contribution in [1.29, 1.82) is 0 Å². The molecule has 1 fully saturated rings. The molecule has 2 aromatic rings. The van der Waals surface area contributed by atoms with Crippen LogP contribution in [0, 0.1) is 6.92 Å². The number of piperazine rings is 1. The topological polar surface area (TPSA) is 35.6 Å². The number of nitrogens with one attached hydrogen (secondary N) is 1. The summed E-state index contributed by atoms with van der Waals surface area (Å²) in [6, 6.07) is 12.6. The maximum atomic E-state index is 12.3. The molecule has 1 aliphatic rings. The van der Waals surface area contributed by atoms with E-state index in [2.05, 4.69) is 58.9 Å². The van der Waals surface area contributed by atoms with Crippen molar-refractivity contribution in [2.75, 3.05) is 32.7 Å². The van der Waals surface area contributed by atoms with Crippen LogP contribution in [0.15, 0.2) is 41.8 Å². The molecule has 128 valence electrons. The molecular weight excluding hydrogens is 318 g/mol. The maximum absolute atomic E-state index is 12.3. The fraction of sp³-hybridized carbons (Fsp3) is 0.421. The third-order valence-electron chi connectivity index (χ3n) is 4.48. The number of carbonyl (C=O) groups excluding carboxylic acids is 1. The Morgan fingerprint density at radius 1 is 1.12 bits per heavy atom. The summed E-state index contributed by atoms with van der Waals surface area (Å²) in [4.78, 5) is 18.1. The number of nitrogens with zero attached hydrogens (tertiary/aromatic N) is 2. The van der Waals surface area contributed by atoms with Gasteiger partial charge in [0.05, 0.1) is 0 Å². The van der Waals surface area contributed by atoms with Gasteiger partial charge in [0.15, 0.2) is 0 Å². The highest BCUT2D eigenvalue weighted by atomic mass is 32.1. The van der Waals surface area contributed by atoms with Crippen molar-refractivity contribution in [1.82, 2.24) is 15.1 Å². The Balaban J connectivity index is 1.37. The van der Waals surface area contributed by atoms with Crippen molar-refractivity contribution in [2.45, 2.75) is 19.9 Å². The highest BCUT2D eigenvalue weighted by Crippen LogP contribution is 2.11. The van der Waals surface area contributed by atoms with Crippen molar-refractivity contribution >= 4 is 17.4 Å².